The fourth-order valence-electron chi connectivity index (χ4n) is 3.98. The van der Waals surface area contributed by atoms with E-state index in [4.69, 9.17) is 0 Å². The summed E-state index contributed by atoms with van der Waals surface area (Å²) in [5.74, 6) is 0.0724. The van der Waals surface area contributed by atoms with Gasteiger partial charge in [-0.25, -0.2) is 8.42 Å². The molecule has 150 valence electrons. The summed E-state index contributed by atoms with van der Waals surface area (Å²) < 4.78 is 27.6. The molecule has 2 fully saturated rings. The average molecular weight is 394 g/mol. The van der Waals surface area contributed by atoms with Gasteiger partial charge in [0, 0.05) is 31.4 Å². The number of hydrogen-bond acceptors (Lipinski definition) is 4. The zero-order valence-electron chi connectivity index (χ0n) is 16.4. The SMILES string of the molecule is Cc1ccc(NCC(=O)N2CCCCC2C)cc1S(=O)(=O)N1CCCCC1. The van der Waals surface area contributed by atoms with E-state index in [1.807, 2.05) is 24.0 Å². The van der Waals surface area contributed by atoms with Crippen molar-refractivity contribution in [1.82, 2.24) is 9.21 Å². The van der Waals surface area contributed by atoms with Gasteiger partial charge in [0.05, 0.1) is 11.4 Å². The third-order valence-electron chi connectivity index (χ3n) is 5.69. The second-order valence-corrected chi connectivity index (χ2v) is 9.64. The second-order valence-electron chi connectivity index (χ2n) is 7.73. The maximum absolute atomic E-state index is 13.0. The molecule has 1 aromatic carbocycles. The van der Waals surface area contributed by atoms with Crippen molar-refractivity contribution in [3.8, 4) is 0 Å². The van der Waals surface area contributed by atoms with Crippen LogP contribution in [0.1, 0.15) is 51.0 Å². The van der Waals surface area contributed by atoms with Gasteiger partial charge in [0.15, 0.2) is 0 Å². The van der Waals surface area contributed by atoms with Gasteiger partial charge in [-0.3, -0.25) is 4.79 Å². The van der Waals surface area contributed by atoms with Gasteiger partial charge in [-0.1, -0.05) is 12.5 Å². The molecule has 1 amide bonds. The first-order valence-corrected chi connectivity index (χ1v) is 11.5. The lowest BCUT2D eigenvalue weighted by Gasteiger charge is -2.33. The van der Waals surface area contributed by atoms with Crippen LogP contribution >= 0.6 is 0 Å². The van der Waals surface area contributed by atoms with Crippen molar-refractivity contribution >= 4 is 21.6 Å². The summed E-state index contributed by atoms with van der Waals surface area (Å²) in [6.45, 7) is 6.09. The van der Waals surface area contributed by atoms with E-state index in [-0.39, 0.29) is 18.5 Å². The number of anilines is 1. The highest BCUT2D eigenvalue weighted by atomic mass is 32.2. The molecular formula is C20H31N3O3S. The number of benzene rings is 1. The molecule has 2 saturated heterocycles. The zero-order valence-corrected chi connectivity index (χ0v) is 17.2. The minimum atomic E-state index is -3.49. The molecule has 2 aliphatic rings. The molecule has 2 heterocycles. The largest absolute Gasteiger partial charge is 0.376 e. The number of amides is 1. The van der Waals surface area contributed by atoms with Crippen molar-refractivity contribution in [1.29, 1.82) is 0 Å². The Morgan fingerprint density at radius 2 is 1.81 bits per heavy atom. The van der Waals surface area contributed by atoms with Gasteiger partial charge in [0.2, 0.25) is 15.9 Å². The lowest BCUT2D eigenvalue weighted by atomic mass is 10.0. The number of likely N-dealkylation sites (tertiary alicyclic amines) is 1. The number of hydrogen-bond donors (Lipinski definition) is 1. The summed E-state index contributed by atoms with van der Waals surface area (Å²) >= 11 is 0. The zero-order chi connectivity index (χ0) is 19.4. The standard InChI is InChI=1S/C20H31N3O3S/c1-16-9-10-18(21-15-20(24)23-13-7-4-8-17(23)2)14-19(16)27(25,26)22-11-5-3-6-12-22/h9-10,14,17,21H,3-8,11-13,15H2,1-2H3. The van der Waals surface area contributed by atoms with E-state index in [2.05, 4.69) is 12.2 Å². The average Bonchev–Trinajstić information content (AvgIpc) is 2.68. The van der Waals surface area contributed by atoms with Crippen LogP contribution in [0.15, 0.2) is 23.1 Å². The first-order chi connectivity index (χ1) is 12.9. The Balaban J connectivity index is 1.70. The second kappa shape index (κ2) is 8.61. The Hall–Kier alpha value is -1.60. The van der Waals surface area contributed by atoms with Crippen molar-refractivity contribution in [2.24, 2.45) is 0 Å². The van der Waals surface area contributed by atoms with Crippen molar-refractivity contribution in [3.63, 3.8) is 0 Å². The number of carbonyl (C=O) groups is 1. The van der Waals surface area contributed by atoms with E-state index < -0.39 is 10.0 Å². The summed E-state index contributed by atoms with van der Waals surface area (Å²) in [5.41, 5.74) is 1.41. The third-order valence-corrected chi connectivity index (χ3v) is 7.73. The number of nitrogens with zero attached hydrogens (tertiary/aromatic N) is 2. The van der Waals surface area contributed by atoms with Crippen molar-refractivity contribution < 1.29 is 13.2 Å². The van der Waals surface area contributed by atoms with Gasteiger partial charge in [-0.2, -0.15) is 4.31 Å². The Morgan fingerprint density at radius 1 is 1.11 bits per heavy atom. The van der Waals surface area contributed by atoms with Gasteiger partial charge >= 0.3 is 0 Å². The Morgan fingerprint density at radius 3 is 2.52 bits per heavy atom. The number of carbonyl (C=O) groups excluding carboxylic acids is 1. The lowest BCUT2D eigenvalue weighted by molar-refractivity contribution is -0.132. The van der Waals surface area contributed by atoms with Crippen LogP contribution in [0.4, 0.5) is 5.69 Å². The summed E-state index contributed by atoms with van der Waals surface area (Å²) in [6, 6.07) is 5.61. The smallest absolute Gasteiger partial charge is 0.243 e. The number of piperidine rings is 2. The van der Waals surface area contributed by atoms with Crippen LogP contribution in [0.2, 0.25) is 0 Å². The van der Waals surface area contributed by atoms with E-state index >= 15 is 0 Å². The molecule has 0 aliphatic carbocycles. The van der Waals surface area contributed by atoms with E-state index in [0.717, 1.165) is 44.2 Å². The normalized spacial score (nSPS) is 21.9. The molecule has 1 atom stereocenters. The van der Waals surface area contributed by atoms with Crippen molar-refractivity contribution in [2.45, 2.75) is 63.3 Å². The molecule has 0 bridgehead atoms. The molecule has 6 nitrogen and oxygen atoms in total. The van der Waals surface area contributed by atoms with Crippen LogP contribution in [0, 0.1) is 6.92 Å². The predicted octanol–water partition coefficient (Wildman–Crippen LogP) is 2.98. The van der Waals surface area contributed by atoms with Crippen LogP contribution < -0.4 is 5.32 Å². The lowest BCUT2D eigenvalue weighted by Crippen LogP contribution is -2.44. The molecule has 0 spiro atoms. The van der Waals surface area contributed by atoms with E-state index in [0.29, 0.717) is 23.7 Å². The summed E-state index contributed by atoms with van der Waals surface area (Å²) in [7, 11) is -3.49. The van der Waals surface area contributed by atoms with E-state index in [9.17, 15) is 13.2 Å². The molecule has 3 rings (SSSR count). The van der Waals surface area contributed by atoms with Gasteiger partial charge in [-0.05, 0) is 63.6 Å². The molecule has 7 heteroatoms. The van der Waals surface area contributed by atoms with E-state index in [1.54, 1.807) is 10.4 Å². The number of rotatable bonds is 5. The van der Waals surface area contributed by atoms with Crippen LogP contribution in [-0.2, 0) is 14.8 Å². The van der Waals surface area contributed by atoms with Gasteiger partial charge in [0.25, 0.3) is 0 Å². The highest BCUT2D eigenvalue weighted by Crippen LogP contribution is 2.26. The minimum Gasteiger partial charge on any atom is -0.376 e. The minimum absolute atomic E-state index is 0.0724. The van der Waals surface area contributed by atoms with Crippen molar-refractivity contribution in [3.05, 3.63) is 23.8 Å². The fourth-order valence-corrected chi connectivity index (χ4v) is 5.75. The van der Waals surface area contributed by atoms with Crippen LogP contribution in [0.3, 0.4) is 0 Å². The maximum Gasteiger partial charge on any atom is 0.243 e. The topological polar surface area (TPSA) is 69.7 Å². The molecule has 1 aromatic rings. The molecule has 1 N–H and O–H groups in total. The highest BCUT2D eigenvalue weighted by Gasteiger charge is 2.28. The predicted molar refractivity (Wildman–Crippen MR) is 107 cm³/mol. The quantitative estimate of drug-likeness (QED) is 0.835. The number of aryl methyl sites for hydroxylation is 1. The summed E-state index contributed by atoms with van der Waals surface area (Å²) in [4.78, 5) is 14.8. The number of nitrogens with one attached hydrogen (secondary N) is 1. The fraction of sp³-hybridized carbons (Fsp3) is 0.650. The molecule has 27 heavy (non-hydrogen) atoms. The molecular weight excluding hydrogens is 362 g/mol. The van der Waals surface area contributed by atoms with Gasteiger partial charge < -0.3 is 10.2 Å². The van der Waals surface area contributed by atoms with Gasteiger partial charge in [-0.15, -0.1) is 0 Å². The van der Waals surface area contributed by atoms with Crippen LogP contribution in [-0.4, -0.2) is 55.8 Å². The Labute approximate surface area is 163 Å². The first-order valence-electron chi connectivity index (χ1n) is 10.0. The maximum atomic E-state index is 13.0. The molecule has 0 radical (unpaired) electrons. The van der Waals surface area contributed by atoms with Crippen LogP contribution in [0.5, 0.6) is 0 Å². The van der Waals surface area contributed by atoms with Gasteiger partial charge in [0.1, 0.15) is 0 Å². The summed E-state index contributed by atoms with van der Waals surface area (Å²) in [5, 5.41) is 3.13. The van der Waals surface area contributed by atoms with Crippen molar-refractivity contribution in [2.75, 3.05) is 31.5 Å². The molecule has 0 aromatic heterocycles. The Kier molecular flexibility index (Phi) is 6.42. The molecule has 1 unspecified atom stereocenters. The van der Waals surface area contributed by atoms with E-state index in [1.165, 1.54) is 6.42 Å². The molecule has 2 aliphatic heterocycles. The monoisotopic (exact) mass is 393 g/mol. The molecule has 0 saturated carbocycles. The summed E-state index contributed by atoms with van der Waals surface area (Å²) in [6.07, 6.45) is 6.20. The third kappa shape index (κ3) is 4.63. The first kappa shape index (κ1) is 20.1. The number of sulfonamides is 1. The highest BCUT2D eigenvalue weighted by molar-refractivity contribution is 7.89. The van der Waals surface area contributed by atoms with Crippen LogP contribution in [0.25, 0.3) is 0 Å². The Bertz CT molecular complexity index is 773.